The summed E-state index contributed by atoms with van der Waals surface area (Å²) in [4.78, 5) is 63.2. The molecule has 27 heteroatoms. The number of aryl methyl sites for hydroxylation is 1. The average molecular weight is 1600 g/mol. The van der Waals surface area contributed by atoms with Gasteiger partial charge in [-0.05, 0) is 264 Å². The van der Waals surface area contributed by atoms with Crippen LogP contribution < -0.4 is 40.2 Å². The molecule has 0 bridgehead atoms. The van der Waals surface area contributed by atoms with Gasteiger partial charge in [-0.1, -0.05) is 59.3 Å². The van der Waals surface area contributed by atoms with Gasteiger partial charge < -0.3 is 78.2 Å². The van der Waals surface area contributed by atoms with Crippen molar-refractivity contribution in [2.75, 3.05) is 26.4 Å². The first-order valence-corrected chi connectivity index (χ1v) is 42.7. The Balaban J connectivity index is 0.00000135. The fraction of sp³-hybridized carbons (Fsp3) is 0.625. The molecule has 107 heavy (non-hydrogen) atoms. The minimum atomic E-state index is -1.84. The number of ether oxygens (including phenoxy) is 8. The molecular weight excluding hydrogens is 1460 g/mol. The number of terminal acetylenes is 1. The first-order chi connectivity index (χ1) is 49.0. The van der Waals surface area contributed by atoms with Crippen molar-refractivity contribution in [2.45, 2.75) is 300 Å². The molecule has 0 aliphatic heterocycles. The molecule has 4 amide bonds. The Labute approximate surface area is 651 Å². The number of carbonyl (C=O) groups excluding carboxylic acids is 4. The minimum absolute atomic E-state index is 0.00891. The first kappa shape index (κ1) is 99.3. The molecule has 8 atom stereocenters. The van der Waals surface area contributed by atoms with Crippen molar-refractivity contribution >= 4 is 56.9 Å². The lowest BCUT2D eigenvalue weighted by Gasteiger charge is -2.36. The van der Waals surface area contributed by atoms with Crippen LogP contribution >= 0.6 is 15.9 Å². The van der Waals surface area contributed by atoms with Gasteiger partial charge in [0.25, 0.3) is 0 Å². The molecule has 4 aromatic heterocycles. The van der Waals surface area contributed by atoms with Crippen molar-refractivity contribution < 1.29 is 76.1 Å². The topological polar surface area (TPSA) is 301 Å². The Morgan fingerprint density at radius 3 is 1.11 bits per heavy atom. The third-order valence-corrected chi connectivity index (χ3v) is 24.3. The molecule has 0 fully saturated rings. The third-order valence-electron chi connectivity index (χ3n) is 14.8. The molecule has 0 unspecified atom stereocenters. The molecule has 4 heterocycles. The number of alkyl carbamates (subject to hydrolysis) is 4. The van der Waals surface area contributed by atoms with Crippen molar-refractivity contribution in [2.24, 2.45) is 0 Å². The quantitative estimate of drug-likeness (QED) is 0.0174. The monoisotopic (exact) mass is 1590 g/mol. The molecule has 24 nitrogen and oxygen atoms in total. The normalized spacial score (nSPS) is 13.8. The summed E-state index contributed by atoms with van der Waals surface area (Å²) < 4.78 is 56.8. The second kappa shape index (κ2) is 46.6. The second-order valence-corrected chi connectivity index (χ2v) is 42.9. The van der Waals surface area contributed by atoms with Crippen molar-refractivity contribution in [3.05, 3.63) is 95.0 Å². The Morgan fingerprint density at radius 1 is 0.458 bits per heavy atom. The number of rotatable bonds is 23. The zero-order chi connectivity index (χ0) is 82.5. The number of carbonyl (C=O) groups is 4. The van der Waals surface area contributed by atoms with E-state index in [0.717, 1.165) is 16.0 Å². The van der Waals surface area contributed by atoms with Crippen LogP contribution in [-0.4, -0.2) is 169 Å². The van der Waals surface area contributed by atoms with Gasteiger partial charge >= 0.3 is 24.4 Å². The summed E-state index contributed by atoms with van der Waals surface area (Å²) in [5.41, 5.74) is -0.308. The molecule has 0 radical (unpaired) electrons. The molecule has 4 rings (SSSR count). The number of halogens is 1. The molecule has 6 N–H and O–H groups in total. The molecule has 4 aromatic rings. The van der Waals surface area contributed by atoms with Gasteiger partial charge in [-0.25, -0.2) is 34.1 Å². The number of amides is 4. The summed E-state index contributed by atoms with van der Waals surface area (Å²) in [6.07, 6.45) is 10.5. The van der Waals surface area contributed by atoms with E-state index in [1.54, 1.807) is 119 Å². The minimum Gasteiger partial charge on any atom is -0.486 e. The number of aromatic nitrogens is 4. The van der Waals surface area contributed by atoms with Crippen LogP contribution in [0.1, 0.15) is 204 Å². The Morgan fingerprint density at radius 2 is 0.766 bits per heavy atom. The predicted octanol–water partition coefficient (Wildman–Crippen LogP) is 16.1. The summed E-state index contributed by atoms with van der Waals surface area (Å²) in [5, 5.41) is 29.1. The van der Waals surface area contributed by atoms with Crippen molar-refractivity contribution in [3.8, 4) is 59.0 Å². The van der Waals surface area contributed by atoms with Crippen molar-refractivity contribution in [1.29, 1.82) is 0 Å². The number of hydrogen-bond donors (Lipinski definition) is 6. The van der Waals surface area contributed by atoms with Crippen LogP contribution in [0.15, 0.2) is 77.9 Å². The molecular formula is C80H129BrN8O16Si2. The lowest BCUT2D eigenvalue weighted by molar-refractivity contribution is 0.0497. The maximum absolute atomic E-state index is 11.9. The van der Waals surface area contributed by atoms with Crippen LogP contribution in [0.4, 0.5) is 19.2 Å². The van der Waals surface area contributed by atoms with Crippen molar-refractivity contribution in [3.63, 3.8) is 0 Å². The number of hydrogen-bond acceptors (Lipinski definition) is 20. The Bertz CT molecular complexity index is 3500. The van der Waals surface area contributed by atoms with E-state index in [0.29, 0.717) is 54.7 Å². The molecule has 0 saturated heterocycles. The standard InChI is InChI=1S/C23H38N2O4Si.C17H28N2O4.C17H24N2O4.C14H24BrNO2Si.C9H15NO2/c1-17(25-21(26)29-22(3,4)5)13-14-19-20(12-11-15-24-19)28-18(2)16-27-30(9,10)23(6,7)8;2*1-12(19-16(21)23-17(3,4)5)8-9-14-15(7-6-10-18-14)22-13(2)11-20;1-11(10-17-19(5,6)14(2,3)4)18-12-8-7-9-16-13(12)15;1-6-7(2)10-8(11)12-9(3,4)5/h11-12,15,17-18H,16H2,1-10H3,(H,25,26);6-7,10,12-13,20H,8-9,11H2,1-5H3,(H,19,21);6-7,10,12-13,20H,11H2,1-5H3,(H,19,21);7-9,11H,10H2,1-6H3;1,7H,2-5H3,(H,10,11)/t17-,18-;2*12-,13-;11-;7-/m11111/s1. The lowest BCUT2D eigenvalue weighted by Crippen LogP contribution is -2.43. The molecule has 0 aromatic carbocycles. The van der Waals surface area contributed by atoms with E-state index >= 15 is 0 Å². The Hall–Kier alpha value is -7.69. The summed E-state index contributed by atoms with van der Waals surface area (Å²) in [7, 11) is -3.54. The largest absolute Gasteiger partial charge is 0.486 e. The van der Waals surface area contributed by atoms with Crippen LogP contribution in [0, 0.1) is 36.0 Å². The van der Waals surface area contributed by atoms with E-state index in [4.69, 9.17) is 63.4 Å². The van der Waals surface area contributed by atoms with Gasteiger partial charge in [0, 0.05) is 30.8 Å². The summed E-state index contributed by atoms with van der Waals surface area (Å²) in [5.74, 6) is 16.6. The summed E-state index contributed by atoms with van der Waals surface area (Å²) >= 11 is 3.38. The molecule has 0 spiro atoms. The van der Waals surface area contributed by atoms with E-state index in [2.05, 4.69) is 154 Å². The van der Waals surface area contributed by atoms with Crippen LogP contribution in [0.5, 0.6) is 23.0 Å². The number of nitrogens with zero attached hydrogens (tertiary/aromatic N) is 4. The van der Waals surface area contributed by atoms with Gasteiger partial charge in [-0.15, -0.1) is 6.42 Å². The van der Waals surface area contributed by atoms with Gasteiger partial charge in [0.1, 0.15) is 57.2 Å². The van der Waals surface area contributed by atoms with Gasteiger partial charge in [0.05, 0.1) is 50.2 Å². The number of aliphatic hydroxyl groups is 2. The Kier molecular flexibility index (Phi) is 43.3. The van der Waals surface area contributed by atoms with Crippen molar-refractivity contribution in [1.82, 2.24) is 41.2 Å². The maximum atomic E-state index is 11.9. The van der Waals surface area contributed by atoms with Crippen LogP contribution in [-0.2, 0) is 34.2 Å². The van der Waals surface area contributed by atoms with Gasteiger partial charge in [0.2, 0.25) is 0 Å². The van der Waals surface area contributed by atoms with Gasteiger partial charge in [-0.3, -0.25) is 4.98 Å². The smallest absolute Gasteiger partial charge is 0.408 e. The summed E-state index contributed by atoms with van der Waals surface area (Å²) in [6, 6.07) is 13.4. The molecule has 600 valence electrons. The highest BCUT2D eigenvalue weighted by molar-refractivity contribution is 9.10. The molecule has 0 aliphatic carbocycles. The second-order valence-electron chi connectivity index (χ2n) is 32.6. The first-order valence-electron chi connectivity index (χ1n) is 36.1. The van der Waals surface area contributed by atoms with Gasteiger partial charge in [-0.2, -0.15) is 0 Å². The van der Waals surface area contributed by atoms with E-state index in [9.17, 15) is 19.2 Å². The molecule has 0 aliphatic rings. The fourth-order valence-electron chi connectivity index (χ4n) is 7.28. The maximum Gasteiger partial charge on any atom is 0.408 e. The third kappa shape index (κ3) is 47.0. The fourth-order valence-corrected chi connectivity index (χ4v) is 9.80. The van der Waals surface area contributed by atoms with E-state index in [1.165, 1.54) is 0 Å². The number of pyridine rings is 4. The zero-order valence-corrected chi connectivity index (χ0v) is 73.2. The van der Waals surface area contributed by atoms with E-state index < -0.39 is 75.5 Å². The SMILES string of the molecule is C#C[C@@H](C)NC(=O)OC(C)(C)C.C[C@H](C#Cc1ncccc1O[C@H](C)CO)NC(=O)OC(C)(C)C.C[C@H](C#Cc1ncccc1O[C@H](C)CO[Si](C)(C)C(C)(C)C)NC(=O)OC(C)(C)C.C[C@H](CCc1ncccc1O[C@H](C)CO)NC(=O)OC(C)(C)C.C[C@H](CO[Si](C)(C)C(C)(C)C)Oc1cccnc1Br. The van der Waals surface area contributed by atoms with Crippen LogP contribution in [0.3, 0.4) is 0 Å². The lowest BCUT2D eigenvalue weighted by atomic mass is 10.1. The van der Waals surface area contributed by atoms with Crippen LogP contribution in [0.25, 0.3) is 0 Å². The highest BCUT2D eigenvalue weighted by atomic mass is 79.9. The summed E-state index contributed by atoms with van der Waals surface area (Å²) in [6.45, 7) is 59.7. The zero-order valence-electron chi connectivity index (χ0n) is 69.6. The van der Waals surface area contributed by atoms with E-state index in [1.807, 2.05) is 92.6 Å². The van der Waals surface area contributed by atoms with Gasteiger partial charge in [0.15, 0.2) is 45.3 Å². The number of aliphatic hydroxyl groups excluding tert-OH is 2. The average Bonchev–Trinajstić information content (AvgIpc) is 0.856. The highest BCUT2D eigenvalue weighted by Gasteiger charge is 2.39. The van der Waals surface area contributed by atoms with Crippen LogP contribution in [0.2, 0.25) is 36.3 Å². The predicted molar refractivity (Wildman–Crippen MR) is 432 cm³/mol. The number of nitrogens with one attached hydrogen (secondary N) is 4. The highest BCUT2D eigenvalue weighted by Crippen LogP contribution is 2.38. The van der Waals surface area contributed by atoms with E-state index in [-0.39, 0.29) is 59.8 Å². The molecule has 0 saturated carbocycles.